The summed E-state index contributed by atoms with van der Waals surface area (Å²) in [5.74, 6) is 0.0428. The Bertz CT molecular complexity index is 426. The zero-order valence-corrected chi connectivity index (χ0v) is 14.2. The van der Waals surface area contributed by atoms with E-state index in [0.717, 1.165) is 35.7 Å². The highest BCUT2D eigenvalue weighted by Crippen LogP contribution is 2.17. The quantitative estimate of drug-likeness (QED) is 0.633. The van der Waals surface area contributed by atoms with Crippen molar-refractivity contribution in [2.45, 2.75) is 25.7 Å². The SMILES string of the molecule is COCCC(Cc1cccc(Br)c1)C(=O)NCCCCN. The van der Waals surface area contributed by atoms with E-state index in [1.54, 1.807) is 7.11 Å². The molecule has 0 radical (unpaired) electrons. The van der Waals surface area contributed by atoms with Crippen LogP contribution < -0.4 is 11.1 Å². The van der Waals surface area contributed by atoms with Crippen molar-refractivity contribution >= 4 is 21.8 Å². The third kappa shape index (κ3) is 7.60. The first-order chi connectivity index (χ1) is 10.2. The molecule has 0 heterocycles. The molecule has 0 spiro atoms. The van der Waals surface area contributed by atoms with Gasteiger partial charge in [-0.25, -0.2) is 0 Å². The van der Waals surface area contributed by atoms with Crippen LogP contribution in [0.2, 0.25) is 0 Å². The van der Waals surface area contributed by atoms with Crippen molar-refractivity contribution in [1.82, 2.24) is 5.32 Å². The molecule has 21 heavy (non-hydrogen) atoms. The first kappa shape index (κ1) is 18.1. The van der Waals surface area contributed by atoms with Gasteiger partial charge in [0.15, 0.2) is 0 Å². The molecule has 3 N–H and O–H groups in total. The number of methoxy groups -OCH3 is 1. The molecular formula is C16H25BrN2O2. The number of carbonyl (C=O) groups excluding carboxylic acids is 1. The standard InChI is InChI=1S/C16H25BrN2O2/c1-21-10-7-14(16(20)19-9-3-2-8-18)11-13-5-4-6-15(17)12-13/h4-6,12,14H,2-3,7-11,18H2,1H3,(H,19,20). The molecule has 1 unspecified atom stereocenters. The summed E-state index contributed by atoms with van der Waals surface area (Å²) in [6.07, 6.45) is 3.32. The highest BCUT2D eigenvalue weighted by molar-refractivity contribution is 9.10. The lowest BCUT2D eigenvalue weighted by Gasteiger charge is -2.17. The molecule has 0 aliphatic carbocycles. The number of hydrogen-bond acceptors (Lipinski definition) is 3. The topological polar surface area (TPSA) is 64.3 Å². The van der Waals surface area contributed by atoms with Gasteiger partial charge in [0.1, 0.15) is 0 Å². The Balaban J connectivity index is 2.55. The molecule has 0 aliphatic heterocycles. The number of rotatable bonds is 10. The van der Waals surface area contributed by atoms with E-state index in [1.165, 1.54) is 0 Å². The maximum atomic E-state index is 12.3. The lowest BCUT2D eigenvalue weighted by atomic mass is 9.95. The molecular weight excluding hydrogens is 332 g/mol. The number of nitrogens with one attached hydrogen (secondary N) is 1. The third-order valence-electron chi connectivity index (χ3n) is 3.34. The molecule has 1 atom stereocenters. The predicted molar refractivity (Wildman–Crippen MR) is 89.1 cm³/mol. The van der Waals surface area contributed by atoms with Gasteiger partial charge in [0.2, 0.25) is 5.91 Å². The zero-order valence-electron chi connectivity index (χ0n) is 12.6. The molecule has 4 nitrogen and oxygen atoms in total. The van der Waals surface area contributed by atoms with Crippen molar-refractivity contribution in [2.75, 3.05) is 26.8 Å². The molecule has 0 bridgehead atoms. The Morgan fingerprint density at radius 2 is 2.24 bits per heavy atom. The number of carbonyl (C=O) groups is 1. The fraction of sp³-hybridized carbons (Fsp3) is 0.562. The molecule has 1 amide bonds. The van der Waals surface area contributed by atoms with Crippen molar-refractivity contribution in [1.29, 1.82) is 0 Å². The third-order valence-corrected chi connectivity index (χ3v) is 3.84. The van der Waals surface area contributed by atoms with Crippen molar-refractivity contribution in [3.8, 4) is 0 Å². The molecule has 0 saturated carbocycles. The Morgan fingerprint density at radius 1 is 1.43 bits per heavy atom. The van der Waals surface area contributed by atoms with Crippen LogP contribution in [0.25, 0.3) is 0 Å². The first-order valence-electron chi connectivity index (χ1n) is 7.38. The lowest BCUT2D eigenvalue weighted by Crippen LogP contribution is -2.33. The van der Waals surface area contributed by atoms with Gasteiger partial charge in [-0.1, -0.05) is 28.1 Å². The van der Waals surface area contributed by atoms with Crippen LogP contribution in [0.3, 0.4) is 0 Å². The average molecular weight is 357 g/mol. The molecule has 118 valence electrons. The Hall–Kier alpha value is -0.910. The second-order valence-electron chi connectivity index (χ2n) is 5.10. The van der Waals surface area contributed by atoms with Gasteiger partial charge in [-0.2, -0.15) is 0 Å². The smallest absolute Gasteiger partial charge is 0.223 e. The van der Waals surface area contributed by atoms with Crippen LogP contribution in [0.1, 0.15) is 24.8 Å². The Labute approximate surface area is 135 Å². The molecule has 1 rings (SSSR count). The number of ether oxygens (including phenoxy) is 1. The maximum absolute atomic E-state index is 12.3. The molecule has 0 saturated heterocycles. The number of amides is 1. The number of benzene rings is 1. The predicted octanol–water partition coefficient (Wildman–Crippen LogP) is 2.50. The second kappa shape index (κ2) is 10.8. The van der Waals surface area contributed by atoms with E-state index in [-0.39, 0.29) is 11.8 Å². The number of nitrogens with two attached hydrogens (primary N) is 1. The summed E-state index contributed by atoms with van der Waals surface area (Å²) in [6.45, 7) is 1.95. The second-order valence-corrected chi connectivity index (χ2v) is 6.01. The van der Waals surface area contributed by atoms with Gasteiger partial charge in [-0.3, -0.25) is 4.79 Å². The number of unbranched alkanes of at least 4 members (excludes halogenated alkanes) is 1. The highest BCUT2D eigenvalue weighted by Gasteiger charge is 2.18. The van der Waals surface area contributed by atoms with Crippen molar-refractivity contribution in [3.05, 3.63) is 34.3 Å². The van der Waals surface area contributed by atoms with Gasteiger partial charge < -0.3 is 15.8 Å². The fourth-order valence-corrected chi connectivity index (χ4v) is 2.61. The van der Waals surface area contributed by atoms with Gasteiger partial charge >= 0.3 is 0 Å². The minimum Gasteiger partial charge on any atom is -0.385 e. The average Bonchev–Trinajstić information content (AvgIpc) is 2.47. The van der Waals surface area contributed by atoms with E-state index in [4.69, 9.17) is 10.5 Å². The summed E-state index contributed by atoms with van der Waals surface area (Å²) in [5, 5.41) is 3.00. The minimum absolute atomic E-state index is 0.0582. The van der Waals surface area contributed by atoms with E-state index in [9.17, 15) is 4.79 Å². The van der Waals surface area contributed by atoms with Crippen LogP contribution >= 0.6 is 15.9 Å². The lowest BCUT2D eigenvalue weighted by molar-refractivity contribution is -0.125. The molecule has 0 fully saturated rings. The van der Waals surface area contributed by atoms with Gasteiger partial charge in [0, 0.05) is 30.7 Å². The normalized spacial score (nSPS) is 12.1. The monoisotopic (exact) mass is 356 g/mol. The maximum Gasteiger partial charge on any atom is 0.223 e. The molecule has 0 aliphatic rings. The minimum atomic E-state index is -0.0582. The van der Waals surface area contributed by atoms with Crippen LogP contribution in [0.5, 0.6) is 0 Å². The van der Waals surface area contributed by atoms with Crippen molar-refractivity contribution in [3.63, 3.8) is 0 Å². The molecule has 0 aromatic heterocycles. The number of hydrogen-bond donors (Lipinski definition) is 2. The van der Waals surface area contributed by atoms with Gasteiger partial charge in [0.05, 0.1) is 0 Å². The largest absolute Gasteiger partial charge is 0.385 e. The molecule has 1 aromatic rings. The van der Waals surface area contributed by atoms with E-state index < -0.39 is 0 Å². The van der Waals surface area contributed by atoms with E-state index >= 15 is 0 Å². The Kier molecular flexibility index (Phi) is 9.30. The van der Waals surface area contributed by atoms with Crippen LogP contribution in [0, 0.1) is 5.92 Å². The van der Waals surface area contributed by atoms with E-state index in [2.05, 4.69) is 27.3 Å². The first-order valence-corrected chi connectivity index (χ1v) is 8.17. The van der Waals surface area contributed by atoms with Crippen molar-refractivity contribution < 1.29 is 9.53 Å². The van der Waals surface area contributed by atoms with Crippen LogP contribution in [-0.4, -0.2) is 32.7 Å². The summed E-state index contributed by atoms with van der Waals surface area (Å²) in [7, 11) is 1.66. The van der Waals surface area contributed by atoms with Crippen LogP contribution in [0.15, 0.2) is 28.7 Å². The number of halogens is 1. The fourth-order valence-electron chi connectivity index (χ4n) is 2.16. The van der Waals surface area contributed by atoms with E-state index in [0.29, 0.717) is 19.7 Å². The summed E-state index contributed by atoms with van der Waals surface area (Å²) >= 11 is 3.46. The van der Waals surface area contributed by atoms with Gasteiger partial charge in [-0.15, -0.1) is 0 Å². The van der Waals surface area contributed by atoms with Crippen LogP contribution in [-0.2, 0) is 16.0 Å². The zero-order chi connectivity index (χ0) is 15.5. The van der Waals surface area contributed by atoms with E-state index in [1.807, 2.05) is 18.2 Å². The summed E-state index contributed by atoms with van der Waals surface area (Å²) < 4.78 is 6.16. The molecule has 1 aromatic carbocycles. The van der Waals surface area contributed by atoms with Gasteiger partial charge in [0.25, 0.3) is 0 Å². The summed E-state index contributed by atoms with van der Waals surface area (Å²) in [5.41, 5.74) is 6.61. The molecule has 5 heteroatoms. The van der Waals surface area contributed by atoms with Gasteiger partial charge in [-0.05, 0) is 49.9 Å². The highest BCUT2D eigenvalue weighted by atomic mass is 79.9. The van der Waals surface area contributed by atoms with Crippen molar-refractivity contribution in [2.24, 2.45) is 11.7 Å². The summed E-state index contributed by atoms with van der Waals surface area (Å²) in [4.78, 5) is 12.3. The Morgan fingerprint density at radius 3 is 2.90 bits per heavy atom. The van der Waals surface area contributed by atoms with Crippen LogP contribution in [0.4, 0.5) is 0 Å². The summed E-state index contributed by atoms with van der Waals surface area (Å²) in [6, 6.07) is 8.08.